The quantitative estimate of drug-likeness (QED) is 0.0962. The number of fused-ring (bicyclic) bond motifs is 2. The highest BCUT2D eigenvalue weighted by Gasteiger charge is 2.55. The molecule has 2 fully saturated rings. The van der Waals surface area contributed by atoms with E-state index in [2.05, 4.69) is 29.9 Å². The molecule has 9 atom stereocenters. The Bertz CT molecular complexity index is 1710. The van der Waals surface area contributed by atoms with Crippen LogP contribution in [0.4, 0.5) is 11.8 Å². The van der Waals surface area contributed by atoms with Crippen molar-refractivity contribution in [2.24, 2.45) is 0 Å². The van der Waals surface area contributed by atoms with Gasteiger partial charge >= 0.3 is 7.60 Å². The van der Waals surface area contributed by atoms with E-state index in [9.17, 15) is 34.7 Å². The van der Waals surface area contributed by atoms with Crippen molar-refractivity contribution in [2.75, 3.05) is 24.7 Å². The first-order valence-electron chi connectivity index (χ1n) is 12.1. The number of H-pyrrole nitrogens is 1. The second-order valence-corrected chi connectivity index (χ2v) is 11.5. The molecule has 0 aliphatic carbocycles. The molecular weight excluding hydrogens is 571 g/mol. The van der Waals surface area contributed by atoms with Gasteiger partial charge in [-0.05, 0) is 0 Å². The van der Waals surface area contributed by atoms with Crippen LogP contribution in [0, 0.1) is 0 Å². The first-order chi connectivity index (χ1) is 19.5. The molecule has 21 heteroatoms. The lowest BCUT2D eigenvalue weighted by Crippen LogP contribution is -2.36. The highest BCUT2D eigenvalue weighted by molar-refractivity contribution is 7.53. The van der Waals surface area contributed by atoms with Gasteiger partial charge in [0, 0.05) is 0 Å². The number of nitrogen functional groups attached to an aromatic ring is 2. The number of nitrogens with two attached hydrogens (primary N) is 2. The molecule has 2 aliphatic rings. The molecule has 4 aromatic rings. The summed E-state index contributed by atoms with van der Waals surface area (Å²) in [6.45, 7) is -1.42. The van der Waals surface area contributed by atoms with Crippen molar-refractivity contribution in [3.8, 4) is 0 Å². The Hall–Kier alpha value is -3.59. The summed E-state index contributed by atoms with van der Waals surface area (Å²) in [6.07, 6.45) is -6.66. The van der Waals surface area contributed by atoms with Crippen molar-refractivity contribution in [3.63, 3.8) is 0 Å². The van der Waals surface area contributed by atoms with E-state index in [0.29, 0.717) is 0 Å². The van der Waals surface area contributed by atoms with Crippen LogP contribution in [-0.2, 0) is 18.6 Å². The summed E-state index contributed by atoms with van der Waals surface area (Å²) >= 11 is 0. The van der Waals surface area contributed by atoms with Crippen LogP contribution in [0.5, 0.6) is 0 Å². The number of aromatic amines is 1. The molecule has 4 aromatic heterocycles. The van der Waals surface area contributed by atoms with Crippen molar-refractivity contribution >= 4 is 41.7 Å². The van der Waals surface area contributed by atoms with E-state index in [1.54, 1.807) is 0 Å². The van der Waals surface area contributed by atoms with Gasteiger partial charge in [0.15, 0.2) is 35.1 Å². The molecule has 0 radical (unpaired) electrons. The highest BCUT2D eigenvalue weighted by atomic mass is 31.2. The van der Waals surface area contributed by atoms with Crippen LogP contribution in [0.3, 0.4) is 0 Å². The predicted octanol–water partition coefficient (Wildman–Crippen LogP) is -3.44. The van der Waals surface area contributed by atoms with Gasteiger partial charge in [0.1, 0.15) is 41.7 Å². The molecule has 6 rings (SSSR count). The monoisotopic (exact) mass is 596 g/mol. The Labute approximate surface area is 227 Å². The van der Waals surface area contributed by atoms with Gasteiger partial charge in [0.05, 0.1) is 32.2 Å². The number of aromatic nitrogens is 8. The Morgan fingerprint density at radius 1 is 0.951 bits per heavy atom. The fourth-order valence-electron chi connectivity index (χ4n) is 5.02. The van der Waals surface area contributed by atoms with E-state index in [4.69, 9.17) is 25.5 Å². The molecular formula is C20H25N10O10P. The predicted molar refractivity (Wildman–Crippen MR) is 135 cm³/mol. The second kappa shape index (κ2) is 10.0. The summed E-state index contributed by atoms with van der Waals surface area (Å²) in [5.41, 5.74) is 9.42. The molecule has 2 saturated heterocycles. The molecule has 0 saturated carbocycles. The van der Waals surface area contributed by atoms with E-state index in [0.717, 1.165) is 12.7 Å². The molecule has 0 bridgehead atoms. The molecule has 0 amide bonds. The van der Waals surface area contributed by atoms with Crippen LogP contribution in [0.25, 0.3) is 22.3 Å². The Morgan fingerprint density at radius 3 is 2.37 bits per heavy atom. The largest absolute Gasteiger partial charge is 0.394 e. The van der Waals surface area contributed by atoms with Gasteiger partial charge in [-0.15, -0.1) is 0 Å². The number of anilines is 2. The van der Waals surface area contributed by atoms with E-state index >= 15 is 0 Å². The smallest absolute Gasteiger partial charge is 0.338 e. The molecule has 0 aromatic carbocycles. The zero-order chi connectivity index (χ0) is 29.2. The lowest BCUT2D eigenvalue weighted by molar-refractivity contribution is -0.0496. The highest BCUT2D eigenvalue weighted by Crippen LogP contribution is 2.57. The van der Waals surface area contributed by atoms with Gasteiger partial charge in [-0.25, -0.2) is 15.0 Å². The van der Waals surface area contributed by atoms with E-state index in [-0.39, 0.29) is 34.1 Å². The van der Waals surface area contributed by atoms with E-state index < -0.39 is 75.0 Å². The first kappa shape index (κ1) is 27.6. The summed E-state index contributed by atoms with van der Waals surface area (Å²) in [4.78, 5) is 45.3. The minimum Gasteiger partial charge on any atom is -0.394 e. The van der Waals surface area contributed by atoms with Gasteiger partial charge in [0.25, 0.3) is 5.56 Å². The van der Waals surface area contributed by atoms with Crippen LogP contribution in [0.1, 0.15) is 12.5 Å². The summed E-state index contributed by atoms with van der Waals surface area (Å²) in [7, 11) is -4.86. The maximum atomic E-state index is 13.5. The Morgan fingerprint density at radius 2 is 1.63 bits per heavy atom. The van der Waals surface area contributed by atoms with Crippen molar-refractivity contribution in [1.82, 2.24) is 39.0 Å². The summed E-state index contributed by atoms with van der Waals surface area (Å²) in [5.74, 6) is -0.177. The summed E-state index contributed by atoms with van der Waals surface area (Å²) in [6, 6.07) is 0. The van der Waals surface area contributed by atoms with Crippen LogP contribution < -0.4 is 17.0 Å². The number of aliphatic hydroxyl groups is 4. The van der Waals surface area contributed by atoms with Gasteiger partial charge in [0.2, 0.25) is 5.95 Å². The SMILES string of the molecule is Nc1nc(N)c2ncn([C@@H]3O[C@H](COP(=O)(O)[C@@H]4[C@H](O)[C@@H](CO)O[C@H]4n4cnc5c(=O)[nH]cnc54)[C@@H](O)[C@H]3O)c2n1. The number of ether oxygens (including phenoxy) is 2. The van der Waals surface area contributed by atoms with E-state index in [1.165, 1.54) is 15.5 Å². The normalized spacial score (nSPS) is 31.7. The average Bonchev–Trinajstić information content (AvgIpc) is 3.68. The molecule has 41 heavy (non-hydrogen) atoms. The number of rotatable bonds is 7. The van der Waals surface area contributed by atoms with Gasteiger partial charge in [-0.3, -0.25) is 18.5 Å². The number of imidazole rings is 2. The van der Waals surface area contributed by atoms with Crippen LogP contribution >= 0.6 is 7.60 Å². The van der Waals surface area contributed by atoms with Crippen molar-refractivity contribution in [2.45, 2.75) is 48.6 Å². The van der Waals surface area contributed by atoms with Crippen LogP contribution in [0.2, 0.25) is 0 Å². The molecule has 1 unspecified atom stereocenters. The number of nitrogens with zero attached hydrogens (tertiary/aromatic N) is 7. The molecule has 10 N–H and O–H groups in total. The minimum absolute atomic E-state index is 0.00676. The third-order valence-electron chi connectivity index (χ3n) is 7.03. The number of nitrogens with one attached hydrogen (secondary N) is 1. The zero-order valence-electron chi connectivity index (χ0n) is 20.8. The summed E-state index contributed by atoms with van der Waals surface area (Å²) in [5, 5.41) is 41.8. The number of hydrogen-bond acceptors (Lipinski definition) is 16. The lowest BCUT2D eigenvalue weighted by Gasteiger charge is -2.27. The molecule has 220 valence electrons. The van der Waals surface area contributed by atoms with Gasteiger partial charge < -0.3 is 55.8 Å². The maximum Gasteiger partial charge on any atom is 0.338 e. The zero-order valence-corrected chi connectivity index (χ0v) is 21.7. The van der Waals surface area contributed by atoms with Crippen molar-refractivity contribution in [3.05, 3.63) is 29.3 Å². The average molecular weight is 596 g/mol. The fraction of sp³-hybridized carbons (Fsp3) is 0.500. The minimum atomic E-state index is -4.86. The standard InChI is InChI=1S/C20H25N10O10P/c21-14-8-16(28-20(22)27-14)30(4-25-8)18-12(34)10(32)7(40-18)2-38-41(36,37)13-11(33)6(1-31)39-19(13)29-5-26-9-15(29)23-3-24-17(9)35/h3-7,10-13,18-19,31-34H,1-2H2,(H,36,37)(H,23,24,35)(H4,21,22,27,28)/t6-,7-,10-,11-,12-,13-,18-,19-/m1/s1. The third-order valence-corrected chi connectivity index (χ3v) is 8.87. The fourth-order valence-corrected chi connectivity index (χ4v) is 6.67. The van der Waals surface area contributed by atoms with Crippen molar-refractivity contribution < 1.29 is 43.9 Å². The third kappa shape index (κ3) is 4.45. The van der Waals surface area contributed by atoms with Gasteiger partial charge in [-0.1, -0.05) is 0 Å². The first-order valence-corrected chi connectivity index (χ1v) is 13.7. The van der Waals surface area contributed by atoms with Crippen LogP contribution in [-0.4, -0.2) is 114 Å². The van der Waals surface area contributed by atoms with Gasteiger partial charge in [-0.2, -0.15) is 9.97 Å². The molecule has 6 heterocycles. The topological polar surface area (TPSA) is 305 Å². The van der Waals surface area contributed by atoms with Crippen LogP contribution in [0.15, 0.2) is 23.8 Å². The summed E-state index contributed by atoms with van der Waals surface area (Å²) < 4.78 is 32.7. The lowest BCUT2D eigenvalue weighted by atomic mass is 10.1. The molecule has 2 aliphatic heterocycles. The van der Waals surface area contributed by atoms with Crippen molar-refractivity contribution in [1.29, 1.82) is 0 Å². The Kier molecular flexibility index (Phi) is 6.76. The maximum absolute atomic E-state index is 13.5. The molecule has 20 nitrogen and oxygen atoms in total. The Balaban J connectivity index is 1.24. The molecule has 0 spiro atoms. The second-order valence-electron chi connectivity index (χ2n) is 9.48. The number of aliphatic hydroxyl groups excluding tert-OH is 4. The number of hydrogen-bond donors (Lipinski definition) is 8. The van der Waals surface area contributed by atoms with E-state index in [1.807, 2.05) is 0 Å².